The van der Waals surface area contributed by atoms with Crippen LogP contribution in [0.3, 0.4) is 0 Å². The van der Waals surface area contributed by atoms with E-state index in [2.05, 4.69) is 53.5 Å². The fourth-order valence-corrected chi connectivity index (χ4v) is 4.58. The van der Waals surface area contributed by atoms with Crippen molar-refractivity contribution >= 4 is 15.7 Å². The zero-order valence-electron chi connectivity index (χ0n) is 14.8. The molecule has 7 heteroatoms. The van der Waals surface area contributed by atoms with Crippen molar-refractivity contribution in [3.63, 3.8) is 0 Å². The van der Waals surface area contributed by atoms with E-state index >= 15 is 0 Å². The lowest BCUT2D eigenvalue weighted by atomic mass is 9.93. The third kappa shape index (κ3) is 3.74. The van der Waals surface area contributed by atoms with E-state index in [4.69, 9.17) is 0 Å². The molecule has 134 valence electrons. The van der Waals surface area contributed by atoms with Crippen LogP contribution in [-0.2, 0) is 10.0 Å². The summed E-state index contributed by atoms with van der Waals surface area (Å²) >= 11 is 0. The van der Waals surface area contributed by atoms with E-state index in [9.17, 15) is 8.42 Å². The maximum Gasteiger partial charge on any atom is 0.211 e. The van der Waals surface area contributed by atoms with Gasteiger partial charge in [-0.25, -0.2) is 8.42 Å². The van der Waals surface area contributed by atoms with Crippen LogP contribution < -0.4 is 10.2 Å². The minimum atomic E-state index is -3.07. The van der Waals surface area contributed by atoms with Crippen molar-refractivity contribution < 1.29 is 8.42 Å². The van der Waals surface area contributed by atoms with Gasteiger partial charge in [0.05, 0.1) is 6.26 Å². The Balaban J connectivity index is 1.65. The molecule has 2 atom stereocenters. The van der Waals surface area contributed by atoms with Crippen LogP contribution in [0.25, 0.3) is 0 Å². The van der Waals surface area contributed by atoms with Gasteiger partial charge in [-0.15, -0.1) is 0 Å². The lowest BCUT2D eigenvalue weighted by Crippen LogP contribution is -2.48. The highest BCUT2D eigenvalue weighted by molar-refractivity contribution is 7.88. The van der Waals surface area contributed by atoms with Crippen molar-refractivity contribution in [2.75, 3.05) is 64.5 Å². The van der Waals surface area contributed by atoms with Gasteiger partial charge in [-0.3, -0.25) is 0 Å². The Bertz CT molecular complexity index is 652. The average molecular weight is 353 g/mol. The lowest BCUT2D eigenvalue weighted by molar-refractivity contribution is 0.291. The second kappa shape index (κ2) is 7.00. The Morgan fingerprint density at radius 1 is 1.04 bits per heavy atom. The Morgan fingerprint density at radius 3 is 2.21 bits per heavy atom. The molecule has 2 aliphatic rings. The number of rotatable bonds is 4. The molecule has 0 spiro atoms. The molecule has 2 unspecified atom stereocenters. The second-order valence-electron chi connectivity index (χ2n) is 7.04. The number of hydrogen-bond acceptors (Lipinski definition) is 5. The molecule has 0 aliphatic carbocycles. The van der Waals surface area contributed by atoms with Crippen LogP contribution in [0.1, 0.15) is 11.5 Å². The van der Waals surface area contributed by atoms with Gasteiger partial charge < -0.3 is 15.1 Å². The highest BCUT2D eigenvalue weighted by atomic mass is 32.2. The largest absolute Gasteiger partial charge is 0.369 e. The van der Waals surface area contributed by atoms with Crippen LogP contribution >= 0.6 is 0 Å². The van der Waals surface area contributed by atoms with Gasteiger partial charge in [0.25, 0.3) is 0 Å². The first kappa shape index (κ1) is 17.7. The van der Waals surface area contributed by atoms with E-state index in [-0.39, 0.29) is 0 Å². The summed E-state index contributed by atoms with van der Waals surface area (Å²) in [5, 5.41) is 3.48. The Hall–Kier alpha value is -1.15. The first-order valence-electron chi connectivity index (χ1n) is 8.53. The molecular formula is C17H28N4O2S. The van der Waals surface area contributed by atoms with E-state index in [1.54, 1.807) is 4.31 Å². The standard InChI is InChI=1S/C17H28N4O2S/c1-19(2)17-13-18-12-16(17)14-4-6-15(7-5-14)20-8-10-21(11-9-20)24(3,22)23/h4-7,16-18H,8-13H2,1-3H3. The molecule has 1 N–H and O–H groups in total. The van der Waals surface area contributed by atoms with Crippen molar-refractivity contribution in [1.82, 2.24) is 14.5 Å². The van der Waals surface area contributed by atoms with Crippen LogP contribution in [0.4, 0.5) is 5.69 Å². The Morgan fingerprint density at radius 2 is 1.67 bits per heavy atom. The van der Waals surface area contributed by atoms with Gasteiger partial charge in [-0.2, -0.15) is 4.31 Å². The average Bonchev–Trinajstić information content (AvgIpc) is 3.04. The van der Waals surface area contributed by atoms with Gasteiger partial charge in [-0.1, -0.05) is 12.1 Å². The van der Waals surface area contributed by atoms with Crippen molar-refractivity contribution in [2.45, 2.75) is 12.0 Å². The number of benzene rings is 1. The topological polar surface area (TPSA) is 55.9 Å². The van der Waals surface area contributed by atoms with E-state index in [1.807, 2.05) is 0 Å². The first-order valence-corrected chi connectivity index (χ1v) is 10.4. The summed E-state index contributed by atoms with van der Waals surface area (Å²) < 4.78 is 24.8. The smallest absolute Gasteiger partial charge is 0.211 e. The number of hydrogen-bond donors (Lipinski definition) is 1. The summed E-state index contributed by atoms with van der Waals surface area (Å²) in [4.78, 5) is 4.56. The normalized spacial score (nSPS) is 26.2. The third-order valence-corrected chi connectivity index (χ3v) is 6.54. The molecule has 1 aromatic rings. The van der Waals surface area contributed by atoms with Crippen LogP contribution in [-0.4, -0.2) is 83.3 Å². The molecule has 2 heterocycles. The van der Waals surface area contributed by atoms with Crippen LogP contribution in [0.15, 0.2) is 24.3 Å². The number of piperazine rings is 1. The molecule has 24 heavy (non-hydrogen) atoms. The number of nitrogens with zero attached hydrogens (tertiary/aromatic N) is 3. The predicted molar refractivity (Wildman–Crippen MR) is 98.2 cm³/mol. The van der Waals surface area contributed by atoms with E-state index < -0.39 is 10.0 Å². The van der Waals surface area contributed by atoms with Crippen molar-refractivity contribution in [1.29, 1.82) is 0 Å². The van der Waals surface area contributed by atoms with E-state index in [0.717, 1.165) is 26.2 Å². The molecule has 0 aromatic heterocycles. The van der Waals surface area contributed by atoms with Crippen LogP contribution in [0, 0.1) is 0 Å². The third-order valence-electron chi connectivity index (χ3n) is 5.24. The Labute approximate surface area is 145 Å². The van der Waals surface area contributed by atoms with E-state index in [1.165, 1.54) is 17.5 Å². The molecule has 3 rings (SSSR count). The summed E-state index contributed by atoms with van der Waals surface area (Å²) in [7, 11) is 1.21. The summed E-state index contributed by atoms with van der Waals surface area (Å²) in [5.41, 5.74) is 2.55. The van der Waals surface area contributed by atoms with Gasteiger partial charge >= 0.3 is 0 Å². The number of sulfonamides is 1. The molecule has 6 nitrogen and oxygen atoms in total. The highest BCUT2D eigenvalue weighted by Gasteiger charge is 2.30. The quantitative estimate of drug-likeness (QED) is 0.849. The summed E-state index contributed by atoms with van der Waals surface area (Å²) in [6, 6.07) is 9.35. The van der Waals surface area contributed by atoms with Gasteiger partial charge in [0.15, 0.2) is 0 Å². The maximum atomic E-state index is 11.6. The van der Waals surface area contributed by atoms with Crippen LogP contribution in [0.5, 0.6) is 0 Å². The van der Waals surface area contributed by atoms with Gasteiger partial charge in [-0.05, 0) is 31.8 Å². The highest BCUT2D eigenvalue weighted by Crippen LogP contribution is 2.28. The van der Waals surface area contributed by atoms with E-state index in [0.29, 0.717) is 25.0 Å². The van der Waals surface area contributed by atoms with Crippen molar-refractivity contribution in [2.24, 2.45) is 0 Å². The number of likely N-dealkylation sites (N-methyl/N-ethyl adjacent to an activating group) is 1. The zero-order chi connectivity index (χ0) is 17.3. The minimum absolute atomic E-state index is 0.524. The zero-order valence-corrected chi connectivity index (χ0v) is 15.6. The lowest BCUT2D eigenvalue weighted by Gasteiger charge is -2.35. The molecule has 2 saturated heterocycles. The summed E-state index contributed by atoms with van der Waals surface area (Å²) in [6.45, 7) is 4.68. The first-order chi connectivity index (χ1) is 11.4. The summed E-state index contributed by atoms with van der Waals surface area (Å²) in [6.07, 6.45) is 1.29. The predicted octanol–water partition coefficient (Wildman–Crippen LogP) is 0.385. The maximum absolute atomic E-state index is 11.6. The molecule has 0 radical (unpaired) electrons. The molecular weight excluding hydrogens is 324 g/mol. The monoisotopic (exact) mass is 352 g/mol. The number of anilines is 1. The SMILES string of the molecule is CN(C)C1CNCC1c1ccc(N2CCN(S(C)(=O)=O)CC2)cc1. The van der Waals surface area contributed by atoms with Crippen LogP contribution in [0.2, 0.25) is 0 Å². The molecule has 2 aliphatic heterocycles. The summed E-state index contributed by atoms with van der Waals surface area (Å²) in [5.74, 6) is 0.524. The number of nitrogens with one attached hydrogen (secondary N) is 1. The molecule has 1 aromatic carbocycles. The van der Waals surface area contributed by atoms with Gasteiger partial charge in [0.2, 0.25) is 10.0 Å². The minimum Gasteiger partial charge on any atom is -0.369 e. The fourth-order valence-electron chi connectivity index (χ4n) is 3.76. The molecule has 2 fully saturated rings. The Kier molecular flexibility index (Phi) is 5.15. The van der Waals surface area contributed by atoms with Crippen molar-refractivity contribution in [3.8, 4) is 0 Å². The molecule has 0 saturated carbocycles. The molecule has 0 amide bonds. The van der Waals surface area contributed by atoms with Crippen molar-refractivity contribution in [3.05, 3.63) is 29.8 Å². The van der Waals surface area contributed by atoms with Gasteiger partial charge in [0, 0.05) is 56.9 Å². The second-order valence-corrected chi connectivity index (χ2v) is 9.02. The fraction of sp³-hybridized carbons (Fsp3) is 0.647. The van der Waals surface area contributed by atoms with Gasteiger partial charge in [0.1, 0.15) is 0 Å². The molecule has 0 bridgehead atoms.